The van der Waals surface area contributed by atoms with Crippen LogP contribution in [0.15, 0.2) is 42.6 Å². The Morgan fingerprint density at radius 1 is 1.00 bits per heavy atom. The van der Waals surface area contributed by atoms with Crippen LogP contribution in [-0.4, -0.2) is 16.3 Å². The van der Waals surface area contributed by atoms with Crippen LogP contribution in [0, 0.1) is 17.8 Å². The first kappa shape index (κ1) is 15.8. The summed E-state index contributed by atoms with van der Waals surface area (Å²) in [5.74, 6) is 2.12. The fourth-order valence-electron chi connectivity index (χ4n) is 2.79. The summed E-state index contributed by atoms with van der Waals surface area (Å²) in [6, 6.07) is 12.3. The zero-order valence-electron chi connectivity index (χ0n) is 13.6. The largest absolute Gasteiger partial charge is 0.311 e. The molecule has 0 spiro atoms. The minimum atomic E-state index is 0.708. The summed E-state index contributed by atoms with van der Waals surface area (Å²) in [4.78, 5) is 0. The lowest BCUT2D eigenvalue weighted by atomic mass is 9.85. The van der Waals surface area contributed by atoms with Gasteiger partial charge >= 0.3 is 0 Å². The van der Waals surface area contributed by atoms with Crippen LogP contribution in [0.4, 0.5) is 0 Å². The smallest absolute Gasteiger partial charge is 0.0766 e. The molecular formula is C18H27N3. The summed E-state index contributed by atoms with van der Waals surface area (Å²) < 4.78 is 1.93. The topological polar surface area (TPSA) is 29.9 Å². The lowest BCUT2D eigenvalue weighted by Gasteiger charge is -2.25. The zero-order valence-corrected chi connectivity index (χ0v) is 13.6. The van der Waals surface area contributed by atoms with E-state index < -0.39 is 0 Å². The fourth-order valence-corrected chi connectivity index (χ4v) is 2.79. The van der Waals surface area contributed by atoms with Gasteiger partial charge in [0.15, 0.2) is 0 Å². The van der Waals surface area contributed by atoms with Crippen LogP contribution in [0.3, 0.4) is 0 Å². The second-order valence-electron chi connectivity index (χ2n) is 6.37. The van der Waals surface area contributed by atoms with Gasteiger partial charge in [0.05, 0.1) is 11.4 Å². The van der Waals surface area contributed by atoms with Gasteiger partial charge in [-0.2, -0.15) is 5.10 Å². The maximum Gasteiger partial charge on any atom is 0.0766 e. The van der Waals surface area contributed by atoms with Crippen molar-refractivity contribution in [2.24, 2.45) is 17.8 Å². The fraction of sp³-hybridized carbons (Fsp3) is 0.500. The van der Waals surface area contributed by atoms with Crippen molar-refractivity contribution >= 4 is 0 Å². The molecule has 114 valence electrons. The first-order chi connectivity index (χ1) is 10.1. The van der Waals surface area contributed by atoms with Crippen LogP contribution in [0.1, 0.15) is 33.4 Å². The van der Waals surface area contributed by atoms with Crippen molar-refractivity contribution in [2.45, 2.75) is 34.2 Å². The van der Waals surface area contributed by atoms with Crippen molar-refractivity contribution in [3.63, 3.8) is 0 Å². The van der Waals surface area contributed by atoms with Crippen LogP contribution >= 0.6 is 0 Å². The number of hydrogen-bond donors (Lipinski definition) is 1. The van der Waals surface area contributed by atoms with E-state index >= 15 is 0 Å². The third-order valence-electron chi connectivity index (χ3n) is 4.06. The molecule has 0 radical (unpaired) electrons. The van der Waals surface area contributed by atoms with Crippen molar-refractivity contribution < 1.29 is 0 Å². The predicted molar refractivity (Wildman–Crippen MR) is 88.4 cm³/mol. The molecule has 0 unspecified atom stereocenters. The molecule has 0 saturated carbocycles. The maximum atomic E-state index is 4.62. The minimum Gasteiger partial charge on any atom is -0.311 e. The molecule has 0 atom stereocenters. The summed E-state index contributed by atoms with van der Waals surface area (Å²) >= 11 is 0. The van der Waals surface area contributed by atoms with E-state index in [1.54, 1.807) is 0 Å². The normalized spacial score (nSPS) is 11.8. The Morgan fingerprint density at radius 2 is 1.67 bits per heavy atom. The molecule has 0 aliphatic rings. The summed E-state index contributed by atoms with van der Waals surface area (Å²) in [5, 5.41) is 8.17. The van der Waals surface area contributed by atoms with E-state index in [-0.39, 0.29) is 0 Å². The van der Waals surface area contributed by atoms with E-state index in [1.165, 1.54) is 0 Å². The van der Waals surface area contributed by atoms with Crippen LogP contribution in [-0.2, 0) is 6.54 Å². The molecular weight excluding hydrogens is 258 g/mol. The van der Waals surface area contributed by atoms with Crippen molar-refractivity contribution in [3.05, 3.63) is 48.3 Å². The highest BCUT2D eigenvalue weighted by Crippen LogP contribution is 2.19. The lowest BCUT2D eigenvalue weighted by Crippen LogP contribution is -2.29. The molecule has 2 rings (SSSR count). The molecule has 0 bridgehead atoms. The molecule has 1 heterocycles. The Hall–Kier alpha value is -1.61. The second-order valence-corrected chi connectivity index (χ2v) is 6.37. The molecule has 1 aromatic carbocycles. The number of para-hydroxylation sites is 1. The number of benzene rings is 1. The van der Waals surface area contributed by atoms with Gasteiger partial charge in [0.1, 0.15) is 0 Å². The molecule has 3 nitrogen and oxygen atoms in total. The molecule has 0 saturated heterocycles. The maximum absolute atomic E-state index is 4.62. The van der Waals surface area contributed by atoms with E-state index in [0.29, 0.717) is 17.8 Å². The van der Waals surface area contributed by atoms with Crippen molar-refractivity contribution in [1.29, 1.82) is 0 Å². The third-order valence-corrected chi connectivity index (χ3v) is 4.06. The van der Waals surface area contributed by atoms with E-state index in [4.69, 9.17) is 0 Å². The summed E-state index contributed by atoms with van der Waals surface area (Å²) in [5.41, 5.74) is 2.19. The van der Waals surface area contributed by atoms with Gasteiger partial charge in [-0.05, 0) is 42.5 Å². The Labute approximate surface area is 128 Å². The molecule has 0 aliphatic carbocycles. The molecule has 1 aromatic heterocycles. The minimum absolute atomic E-state index is 0.708. The van der Waals surface area contributed by atoms with Gasteiger partial charge in [0.25, 0.3) is 0 Å². The predicted octanol–water partition coefficient (Wildman–Crippen LogP) is 3.89. The van der Waals surface area contributed by atoms with E-state index in [0.717, 1.165) is 24.5 Å². The average Bonchev–Trinajstić information content (AvgIpc) is 2.92. The number of hydrogen-bond acceptors (Lipinski definition) is 2. The quantitative estimate of drug-likeness (QED) is 0.836. The number of nitrogens with one attached hydrogen (secondary N) is 1. The molecule has 2 aromatic rings. The van der Waals surface area contributed by atoms with Gasteiger partial charge in [-0.15, -0.1) is 0 Å². The first-order valence-electron chi connectivity index (χ1n) is 7.88. The van der Waals surface area contributed by atoms with Crippen LogP contribution in [0.2, 0.25) is 0 Å². The van der Waals surface area contributed by atoms with Crippen LogP contribution in [0.5, 0.6) is 0 Å². The van der Waals surface area contributed by atoms with Crippen molar-refractivity contribution in [3.8, 4) is 5.69 Å². The molecule has 21 heavy (non-hydrogen) atoms. The summed E-state index contributed by atoms with van der Waals surface area (Å²) in [6.07, 6.45) is 2.02. The van der Waals surface area contributed by atoms with E-state index in [1.807, 2.05) is 29.1 Å². The van der Waals surface area contributed by atoms with Crippen LogP contribution < -0.4 is 5.32 Å². The lowest BCUT2D eigenvalue weighted by molar-refractivity contribution is 0.275. The highest BCUT2D eigenvalue weighted by Gasteiger charge is 2.16. The van der Waals surface area contributed by atoms with Gasteiger partial charge in [0, 0.05) is 12.7 Å². The molecule has 0 aliphatic heterocycles. The van der Waals surface area contributed by atoms with Crippen molar-refractivity contribution in [2.75, 3.05) is 6.54 Å². The summed E-state index contributed by atoms with van der Waals surface area (Å²) in [6.45, 7) is 11.1. The third kappa shape index (κ3) is 4.43. The van der Waals surface area contributed by atoms with Gasteiger partial charge in [0.2, 0.25) is 0 Å². The second kappa shape index (κ2) is 7.41. The Bertz CT molecular complexity index is 520. The summed E-state index contributed by atoms with van der Waals surface area (Å²) in [7, 11) is 0. The number of aromatic nitrogens is 2. The molecule has 1 N–H and O–H groups in total. The Balaban J connectivity index is 1.89. The van der Waals surface area contributed by atoms with Gasteiger partial charge in [-0.25, -0.2) is 4.68 Å². The number of rotatable bonds is 7. The zero-order chi connectivity index (χ0) is 15.2. The molecule has 0 amide bonds. The average molecular weight is 285 g/mol. The number of nitrogens with zero attached hydrogens (tertiary/aromatic N) is 2. The Morgan fingerprint density at radius 3 is 2.29 bits per heavy atom. The van der Waals surface area contributed by atoms with Crippen LogP contribution in [0.25, 0.3) is 5.69 Å². The first-order valence-corrected chi connectivity index (χ1v) is 7.88. The Kier molecular flexibility index (Phi) is 5.57. The van der Waals surface area contributed by atoms with E-state index in [2.05, 4.69) is 56.3 Å². The monoisotopic (exact) mass is 285 g/mol. The van der Waals surface area contributed by atoms with Crippen molar-refractivity contribution in [1.82, 2.24) is 15.1 Å². The van der Waals surface area contributed by atoms with Gasteiger partial charge < -0.3 is 5.32 Å². The molecule has 0 fully saturated rings. The van der Waals surface area contributed by atoms with Gasteiger partial charge in [-0.3, -0.25) is 0 Å². The highest BCUT2D eigenvalue weighted by molar-refractivity contribution is 5.30. The highest BCUT2D eigenvalue weighted by atomic mass is 15.3. The van der Waals surface area contributed by atoms with E-state index in [9.17, 15) is 0 Å². The standard InChI is InChI=1S/C18H27N3/c1-14(2)18(15(3)4)13-19-12-16-10-11-21(20-16)17-8-6-5-7-9-17/h5-11,14-15,18-19H,12-13H2,1-4H3. The SMILES string of the molecule is CC(C)C(CNCc1ccn(-c2ccccc2)n1)C(C)C. The van der Waals surface area contributed by atoms with Gasteiger partial charge in [-0.1, -0.05) is 45.9 Å². The molecule has 3 heteroatoms.